The van der Waals surface area contributed by atoms with E-state index in [-0.39, 0.29) is 5.78 Å². The summed E-state index contributed by atoms with van der Waals surface area (Å²) in [5.74, 6) is 1.36. The Labute approximate surface area is 107 Å². The molecule has 1 aromatic carbocycles. The first kappa shape index (κ1) is 14.0. The number of carbonyl (C=O) groups excluding carboxylic acids is 1. The average Bonchev–Trinajstić information content (AvgIpc) is 2.34. The van der Waals surface area contributed by atoms with Gasteiger partial charge in [-0.1, -0.05) is 0 Å². The average molecular weight is 256 g/mol. The van der Waals surface area contributed by atoms with E-state index in [9.17, 15) is 4.79 Å². The third kappa shape index (κ3) is 5.20. The molecule has 0 amide bonds. The van der Waals surface area contributed by atoms with Gasteiger partial charge in [0, 0.05) is 18.5 Å². The predicted octanol–water partition coefficient (Wildman–Crippen LogP) is 2.44. The molecular formula is C13H18ClNO2. The topological polar surface area (TPSA) is 29.5 Å². The van der Waals surface area contributed by atoms with Crippen molar-refractivity contribution in [2.24, 2.45) is 0 Å². The van der Waals surface area contributed by atoms with Gasteiger partial charge in [-0.2, -0.15) is 0 Å². The third-order valence-corrected chi connectivity index (χ3v) is 2.46. The minimum atomic E-state index is 0.155. The van der Waals surface area contributed by atoms with Crippen LogP contribution in [0.25, 0.3) is 0 Å². The monoisotopic (exact) mass is 255 g/mol. The van der Waals surface area contributed by atoms with Crippen LogP contribution in [-0.4, -0.2) is 43.8 Å². The number of ketones is 1. The highest BCUT2D eigenvalue weighted by Crippen LogP contribution is 2.13. The molecule has 0 aliphatic carbocycles. The van der Waals surface area contributed by atoms with Crippen molar-refractivity contribution < 1.29 is 9.53 Å². The van der Waals surface area contributed by atoms with E-state index in [2.05, 4.69) is 0 Å². The van der Waals surface area contributed by atoms with Gasteiger partial charge in [0.25, 0.3) is 0 Å². The SMILES string of the molecule is CN(C)CCC(=O)c1ccc(OCCCl)cc1. The van der Waals surface area contributed by atoms with Crippen LogP contribution in [0.3, 0.4) is 0 Å². The molecule has 0 spiro atoms. The Hall–Kier alpha value is -1.06. The van der Waals surface area contributed by atoms with E-state index >= 15 is 0 Å². The number of rotatable bonds is 7. The van der Waals surface area contributed by atoms with Gasteiger partial charge in [-0.25, -0.2) is 0 Å². The molecule has 0 aliphatic rings. The summed E-state index contributed by atoms with van der Waals surface area (Å²) in [4.78, 5) is 13.8. The van der Waals surface area contributed by atoms with Crippen LogP contribution < -0.4 is 4.74 Å². The maximum Gasteiger partial charge on any atom is 0.164 e. The van der Waals surface area contributed by atoms with E-state index in [4.69, 9.17) is 16.3 Å². The van der Waals surface area contributed by atoms with Crippen molar-refractivity contribution >= 4 is 17.4 Å². The number of halogens is 1. The van der Waals surface area contributed by atoms with Gasteiger partial charge >= 0.3 is 0 Å². The maximum atomic E-state index is 11.8. The van der Waals surface area contributed by atoms with Crippen molar-refractivity contribution in [3.8, 4) is 5.75 Å². The Morgan fingerprint density at radius 3 is 2.47 bits per heavy atom. The molecule has 1 aromatic rings. The van der Waals surface area contributed by atoms with Crippen LogP contribution in [0, 0.1) is 0 Å². The molecule has 0 fully saturated rings. The molecule has 0 heterocycles. The van der Waals surface area contributed by atoms with E-state index in [0.717, 1.165) is 17.9 Å². The highest BCUT2D eigenvalue weighted by atomic mass is 35.5. The maximum absolute atomic E-state index is 11.8. The summed E-state index contributed by atoms with van der Waals surface area (Å²) in [7, 11) is 3.91. The molecule has 0 atom stereocenters. The zero-order chi connectivity index (χ0) is 12.7. The molecule has 0 aromatic heterocycles. The minimum absolute atomic E-state index is 0.155. The van der Waals surface area contributed by atoms with E-state index < -0.39 is 0 Å². The first-order chi connectivity index (χ1) is 8.13. The highest BCUT2D eigenvalue weighted by molar-refractivity contribution is 6.18. The van der Waals surface area contributed by atoms with Crippen molar-refractivity contribution in [2.75, 3.05) is 33.1 Å². The molecule has 4 heteroatoms. The fourth-order valence-electron chi connectivity index (χ4n) is 1.36. The summed E-state index contributed by atoms with van der Waals surface area (Å²) in [6.45, 7) is 1.25. The molecule has 0 unspecified atom stereocenters. The summed E-state index contributed by atoms with van der Waals surface area (Å²) in [6.07, 6.45) is 0.537. The van der Waals surface area contributed by atoms with Crippen molar-refractivity contribution in [1.82, 2.24) is 4.90 Å². The summed E-state index contributed by atoms with van der Waals surface area (Å²) in [5.41, 5.74) is 0.727. The molecule has 0 saturated heterocycles. The van der Waals surface area contributed by atoms with Crippen LogP contribution in [0.5, 0.6) is 5.75 Å². The molecule has 0 N–H and O–H groups in total. The number of hydrogen-bond donors (Lipinski definition) is 0. The van der Waals surface area contributed by atoms with Crippen LogP contribution in [0.1, 0.15) is 16.8 Å². The quantitative estimate of drug-likeness (QED) is 0.554. The van der Waals surface area contributed by atoms with E-state index in [1.807, 2.05) is 19.0 Å². The second kappa shape index (κ2) is 7.30. The largest absolute Gasteiger partial charge is 0.492 e. The van der Waals surface area contributed by atoms with Gasteiger partial charge < -0.3 is 9.64 Å². The van der Waals surface area contributed by atoms with Gasteiger partial charge in [0.2, 0.25) is 0 Å². The lowest BCUT2D eigenvalue weighted by atomic mass is 10.1. The van der Waals surface area contributed by atoms with Gasteiger partial charge in [-0.15, -0.1) is 11.6 Å². The lowest BCUT2D eigenvalue weighted by Gasteiger charge is -2.09. The smallest absolute Gasteiger partial charge is 0.164 e. The minimum Gasteiger partial charge on any atom is -0.492 e. The number of benzene rings is 1. The Bertz CT molecular complexity index is 349. The predicted molar refractivity (Wildman–Crippen MR) is 70.2 cm³/mol. The Balaban J connectivity index is 2.51. The molecule has 0 aliphatic heterocycles. The van der Waals surface area contributed by atoms with Gasteiger partial charge in [-0.3, -0.25) is 4.79 Å². The fraction of sp³-hybridized carbons (Fsp3) is 0.462. The number of carbonyl (C=O) groups is 1. The molecule has 0 radical (unpaired) electrons. The molecule has 3 nitrogen and oxygen atoms in total. The molecule has 0 bridgehead atoms. The third-order valence-electron chi connectivity index (χ3n) is 2.31. The Kier molecular flexibility index (Phi) is 6.01. The lowest BCUT2D eigenvalue weighted by Crippen LogP contribution is -2.16. The van der Waals surface area contributed by atoms with Crippen LogP contribution in [0.4, 0.5) is 0 Å². The first-order valence-electron chi connectivity index (χ1n) is 5.60. The molecule has 0 saturated carbocycles. The normalized spacial score (nSPS) is 10.6. The van der Waals surface area contributed by atoms with Gasteiger partial charge in [0.05, 0.1) is 5.88 Å². The number of ether oxygens (including phenoxy) is 1. The zero-order valence-electron chi connectivity index (χ0n) is 10.3. The summed E-state index contributed by atoms with van der Waals surface area (Å²) >= 11 is 5.52. The van der Waals surface area contributed by atoms with Gasteiger partial charge in [-0.05, 0) is 38.4 Å². The first-order valence-corrected chi connectivity index (χ1v) is 6.13. The second-order valence-electron chi connectivity index (χ2n) is 4.04. The van der Waals surface area contributed by atoms with Crippen molar-refractivity contribution in [3.05, 3.63) is 29.8 Å². The van der Waals surface area contributed by atoms with Crippen LogP contribution in [-0.2, 0) is 0 Å². The molecule has 17 heavy (non-hydrogen) atoms. The van der Waals surface area contributed by atoms with E-state index in [0.29, 0.717) is 18.9 Å². The molecular weight excluding hydrogens is 238 g/mol. The van der Waals surface area contributed by atoms with Crippen LogP contribution in [0.15, 0.2) is 24.3 Å². The van der Waals surface area contributed by atoms with E-state index in [1.165, 1.54) is 0 Å². The van der Waals surface area contributed by atoms with Gasteiger partial charge in [0.15, 0.2) is 5.78 Å². The second-order valence-corrected chi connectivity index (χ2v) is 4.42. The van der Waals surface area contributed by atoms with Crippen LogP contribution >= 0.6 is 11.6 Å². The summed E-state index contributed by atoms with van der Waals surface area (Å²) < 4.78 is 5.34. The van der Waals surface area contributed by atoms with Crippen molar-refractivity contribution in [2.45, 2.75) is 6.42 Å². The Morgan fingerprint density at radius 1 is 1.29 bits per heavy atom. The number of hydrogen-bond acceptors (Lipinski definition) is 3. The van der Waals surface area contributed by atoms with Crippen molar-refractivity contribution in [1.29, 1.82) is 0 Å². The standard InChI is InChI=1S/C13H18ClNO2/c1-15(2)9-7-13(16)11-3-5-12(6-4-11)17-10-8-14/h3-6H,7-10H2,1-2H3. The summed E-state index contributed by atoms with van der Waals surface area (Å²) in [6, 6.07) is 7.19. The summed E-state index contributed by atoms with van der Waals surface area (Å²) in [5, 5.41) is 0. The fourth-order valence-corrected chi connectivity index (χ4v) is 1.44. The number of Topliss-reactive ketones (excluding diaryl/α,β-unsaturated/α-hetero) is 1. The Morgan fingerprint density at radius 2 is 1.94 bits per heavy atom. The number of nitrogens with zero attached hydrogens (tertiary/aromatic N) is 1. The van der Waals surface area contributed by atoms with Crippen LogP contribution in [0.2, 0.25) is 0 Å². The zero-order valence-corrected chi connectivity index (χ0v) is 11.0. The molecule has 1 rings (SSSR count). The van der Waals surface area contributed by atoms with Gasteiger partial charge in [0.1, 0.15) is 12.4 Å². The van der Waals surface area contributed by atoms with E-state index in [1.54, 1.807) is 24.3 Å². The lowest BCUT2D eigenvalue weighted by molar-refractivity contribution is 0.0972. The molecule has 94 valence electrons. The van der Waals surface area contributed by atoms with Crippen molar-refractivity contribution in [3.63, 3.8) is 0 Å². The number of alkyl halides is 1. The highest BCUT2D eigenvalue weighted by Gasteiger charge is 2.06.